The third-order valence-electron chi connectivity index (χ3n) is 18.4. The minimum Gasteiger partial charge on any atom is -0.456 e. The van der Waals surface area contributed by atoms with E-state index in [0.717, 1.165) is 99.5 Å². The van der Waals surface area contributed by atoms with Gasteiger partial charge >= 0.3 is 0 Å². The van der Waals surface area contributed by atoms with Gasteiger partial charge < -0.3 is 18.6 Å². The molecule has 4 nitrogen and oxygen atoms in total. The van der Waals surface area contributed by atoms with Crippen molar-refractivity contribution in [1.82, 2.24) is 0 Å². The van der Waals surface area contributed by atoms with Crippen LogP contribution in [0.2, 0.25) is 0 Å². The lowest BCUT2D eigenvalue weighted by Crippen LogP contribution is -2.10. The zero-order chi connectivity index (χ0) is 56.1. The van der Waals surface area contributed by atoms with Gasteiger partial charge in [-0.1, -0.05) is 182 Å². The second-order valence-electron chi connectivity index (χ2n) is 23.2. The first-order valence-corrected chi connectivity index (χ1v) is 29.5. The van der Waals surface area contributed by atoms with E-state index in [4.69, 9.17) is 8.83 Å². The monoisotopic (exact) mass is 1090 g/mol. The van der Waals surface area contributed by atoms with Gasteiger partial charge in [0.05, 0.1) is 5.39 Å². The van der Waals surface area contributed by atoms with E-state index in [0.29, 0.717) is 0 Å². The van der Waals surface area contributed by atoms with E-state index < -0.39 is 0 Å². The van der Waals surface area contributed by atoms with E-state index >= 15 is 0 Å². The maximum atomic E-state index is 7.08. The van der Waals surface area contributed by atoms with Crippen molar-refractivity contribution in [2.24, 2.45) is 0 Å². The Labute approximate surface area is 492 Å². The van der Waals surface area contributed by atoms with Gasteiger partial charge in [-0.2, -0.15) is 0 Å². The smallest absolute Gasteiger partial charge is 0.147 e. The number of hydrogen-bond acceptors (Lipinski definition) is 4. The van der Waals surface area contributed by atoms with Gasteiger partial charge in [-0.05, 0) is 217 Å². The molecule has 0 aliphatic carbocycles. The van der Waals surface area contributed by atoms with Crippen molar-refractivity contribution < 1.29 is 8.83 Å². The molecule has 0 unspecified atom stereocenters. The van der Waals surface area contributed by atoms with Crippen LogP contribution in [0.4, 0.5) is 34.1 Å². The predicted octanol–water partition coefficient (Wildman–Crippen LogP) is 24.0. The Kier molecular flexibility index (Phi) is 9.86. The lowest BCUT2D eigenvalue weighted by molar-refractivity contribution is 0.663. The summed E-state index contributed by atoms with van der Waals surface area (Å²) in [7, 11) is 0. The van der Waals surface area contributed by atoms with Crippen LogP contribution in [-0.2, 0) is 0 Å². The van der Waals surface area contributed by atoms with E-state index in [2.05, 4.69) is 301 Å². The number of fused-ring (bicyclic) bond motifs is 21. The first kappa shape index (κ1) is 47.1. The Balaban J connectivity index is 0.750. The first-order valence-electron chi connectivity index (χ1n) is 29.5. The standard InChI is InChI=1S/C82H48N2O2/c1-5-13-67-49(9-1)17-21-53-25-31-63(45-72(53)67)83(64-32-26-54-22-18-50-10-2-6-14-68(50)73(54)46-64)61-35-29-57-41-76-71-37-38-78-81(82(71)86-79(76)43-59(57)39-61)77-42-58-30-36-62(40-60(58)44-80(77)85-78)84(65-33-27-55-23-19-51-11-3-7-15-69(51)74(55)47-65)66-34-28-56-24-20-52-12-4-8-16-70(52)75(56)48-66/h1-48H. The summed E-state index contributed by atoms with van der Waals surface area (Å²) in [4.78, 5) is 4.82. The van der Waals surface area contributed by atoms with Crippen LogP contribution in [0.25, 0.3) is 152 Å². The molecule has 17 aromatic carbocycles. The van der Waals surface area contributed by atoms with Gasteiger partial charge in [0.1, 0.15) is 22.3 Å². The lowest BCUT2D eigenvalue weighted by atomic mass is 9.99. The van der Waals surface area contributed by atoms with Gasteiger partial charge in [0, 0.05) is 50.3 Å². The molecule has 19 rings (SSSR count). The van der Waals surface area contributed by atoms with Crippen molar-refractivity contribution in [3.05, 3.63) is 291 Å². The molecule has 4 heteroatoms. The van der Waals surface area contributed by atoms with Crippen molar-refractivity contribution in [2.75, 3.05) is 9.80 Å². The van der Waals surface area contributed by atoms with Gasteiger partial charge in [-0.25, -0.2) is 0 Å². The molecule has 0 amide bonds. The molecule has 2 aromatic heterocycles. The second kappa shape index (κ2) is 18.0. The molecule has 0 radical (unpaired) electrons. The van der Waals surface area contributed by atoms with Crippen molar-refractivity contribution >= 4 is 186 Å². The second-order valence-corrected chi connectivity index (χ2v) is 23.2. The molecule has 0 atom stereocenters. The summed E-state index contributed by atoms with van der Waals surface area (Å²) < 4.78 is 13.9. The molecule has 0 aliphatic heterocycles. The zero-order valence-corrected chi connectivity index (χ0v) is 46.4. The van der Waals surface area contributed by atoms with Crippen LogP contribution in [0, 0.1) is 0 Å². The SMILES string of the molecule is c1ccc2c(c1)ccc1ccc(N(c3ccc4cc5c(cc4c3)oc3c5ccc4oc5cc6cc(N(c7ccc8ccc9ccccc9c8c7)c7ccc8ccc9ccccc9c8c7)ccc6cc5c43)c3ccc4ccc5ccccc5c4c3)cc12. The molecule has 0 saturated heterocycles. The number of rotatable bonds is 6. The van der Waals surface area contributed by atoms with Crippen molar-refractivity contribution in [1.29, 1.82) is 0 Å². The maximum absolute atomic E-state index is 7.08. The maximum Gasteiger partial charge on any atom is 0.147 e. The molecular formula is C82H48N2O2. The van der Waals surface area contributed by atoms with Crippen LogP contribution >= 0.6 is 0 Å². The van der Waals surface area contributed by atoms with Gasteiger partial charge in [0.2, 0.25) is 0 Å². The lowest BCUT2D eigenvalue weighted by Gasteiger charge is -2.27. The fraction of sp³-hybridized carbons (Fsp3) is 0. The molecule has 0 fully saturated rings. The highest BCUT2D eigenvalue weighted by molar-refractivity contribution is 6.25. The topological polar surface area (TPSA) is 32.8 Å². The highest BCUT2D eigenvalue weighted by Crippen LogP contribution is 2.47. The summed E-state index contributed by atoms with van der Waals surface area (Å²) in [6.07, 6.45) is 0. The van der Waals surface area contributed by atoms with Crippen LogP contribution in [0.3, 0.4) is 0 Å². The van der Waals surface area contributed by atoms with E-state index in [9.17, 15) is 0 Å². The van der Waals surface area contributed by atoms with E-state index in [1.165, 1.54) is 86.2 Å². The zero-order valence-electron chi connectivity index (χ0n) is 46.4. The van der Waals surface area contributed by atoms with Crippen LogP contribution in [-0.4, -0.2) is 0 Å². The highest BCUT2D eigenvalue weighted by atomic mass is 16.3. The Morgan fingerprint density at radius 3 is 0.884 bits per heavy atom. The number of furan rings is 2. The fourth-order valence-electron chi connectivity index (χ4n) is 14.2. The number of anilines is 6. The molecule has 86 heavy (non-hydrogen) atoms. The van der Waals surface area contributed by atoms with E-state index in [1.807, 2.05) is 0 Å². The van der Waals surface area contributed by atoms with Crippen LogP contribution in [0.1, 0.15) is 0 Å². The molecular weight excluding hydrogens is 1040 g/mol. The third-order valence-corrected chi connectivity index (χ3v) is 18.4. The largest absolute Gasteiger partial charge is 0.456 e. The molecule has 0 saturated carbocycles. The molecule has 19 aromatic rings. The summed E-state index contributed by atoms with van der Waals surface area (Å²) in [5.41, 5.74) is 9.74. The van der Waals surface area contributed by atoms with Gasteiger partial charge in [-0.15, -0.1) is 0 Å². The third kappa shape index (κ3) is 7.17. The molecule has 0 spiro atoms. The van der Waals surface area contributed by atoms with Crippen molar-refractivity contribution in [3.8, 4) is 0 Å². The fourth-order valence-corrected chi connectivity index (χ4v) is 14.2. The van der Waals surface area contributed by atoms with Gasteiger partial charge in [-0.3, -0.25) is 0 Å². The number of benzene rings is 17. The van der Waals surface area contributed by atoms with Crippen LogP contribution < -0.4 is 9.80 Å². The average molecular weight is 1090 g/mol. The Morgan fingerprint density at radius 1 is 0.174 bits per heavy atom. The molecule has 398 valence electrons. The summed E-state index contributed by atoms with van der Waals surface area (Å²) in [6, 6.07) is 107. The molecule has 0 bridgehead atoms. The van der Waals surface area contributed by atoms with Crippen LogP contribution in [0.15, 0.2) is 300 Å². The molecule has 0 aliphatic rings. The molecule has 0 N–H and O–H groups in total. The highest BCUT2D eigenvalue weighted by Gasteiger charge is 2.22. The first-order chi connectivity index (χ1) is 42.5. The van der Waals surface area contributed by atoms with Crippen molar-refractivity contribution in [3.63, 3.8) is 0 Å². The summed E-state index contributed by atoms with van der Waals surface area (Å²) >= 11 is 0. The minimum absolute atomic E-state index is 0.796. The summed E-state index contributed by atoms with van der Waals surface area (Å²) in [5, 5.41) is 28.2. The normalized spacial score (nSPS) is 12.2. The number of nitrogens with zero attached hydrogens (tertiary/aromatic N) is 2. The van der Waals surface area contributed by atoms with Gasteiger partial charge in [0.25, 0.3) is 0 Å². The molecule has 2 heterocycles. The Bertz CT molecular complexity index is 5890. The van der Waals surface area contributed by atoms with E-state index in [-0.39, 0.29) is 0 Å². The Morgan fingerprint density at radius 2 is 0.488 bits per heavy atom. The van der Waals surface area contributed by atoms with Crippen LogP contribution in [0.5, 0.6) is 0 Å². The Hall–Kier alpha value is -11.5. The minimum atomic E-state index is 0.796. The summed E-state index contributed by atoms with van der Waals surface area (Å²) in [5.74, 6) is 0. The average Bonchev–Trinajstić information content (AvgIpc) is 1.98. The number of hydrogen-bond donors (Lipinski definition) is 0. The quantitative estimate of drug-likeness (QED) is 0.155. The van der Waals surface area contributed by atoms with Crippen molar-refractivity contribution in [2.45, 2.75) is 0 Å². The summed E-state index contributed by atoms with van der Waals surface area (Å²) in [6.45, 7) is 0. The predicted molar refractivity (Wildman–Crippen MR) is 365 cm³/mol. The van der Waals surface area contributed by atoms with E-state index in [1.54, 1.807) is 0 Å². The van der Waals surface area contributed by atoms with Gasteiger partial charge in [0.15, 0.2) is 0 Å².